The number of carbonyl (C=O) groups is 1. The fourth-order valence-corrected chi connectivity index (χ4v) is 2.80. The zero-order valence-electron chi connectivity index (χ0n) is 12.8. The lowest BCUT2D eigenvalue weighted by atomic mass is 10.1. The van der Waals surface area contributed by atoms with Crippen LogP contribution in [0.2, 0.25) is 0 Å². The summed E-state index contributed by atoms with van der Waals surface area (Å²) >= 11 is 0. The second-order valence-electron chi connectivity index (χ2n) is 5.54. The van der Waals surface area contributed by atoms with Gasteiger partial charge in [-0.2, -0.15) is 0 Å². The minimum Gasteiger partial charge on any atom is -0.493 e. The van der Waals surface area contributed by atoms with E-state index in [0.717, 1.165) is 31.4 Å². The zero-order chi connectivity index (χ0) is 15.4. The van der Waals surface area contributed by atoms with E-state index in [9.17, 15) is 4.79 Å². The summed E-state index contributed by atoms with van der Waals surface area (Å²) in [6.45, 7) is 2.43. The first-order valence-corrected chi connectivity index (χ1v) is 7.75. The van der Waals surface area contributed by atoms with Gasteiger partial charge >= 0.3 is 0 Å². The Morgan fingerprint density at radius 2 is 2.18 bits per heavy atom. The molecule has 0 radical (unpaired) electrons. The summed E-state index contributed by atoms with van der Waals surface area (Å²) in [5.74, 6) is 2.11. The van der Waals surface area contributed by atoms with Gasteiger partial charge in [0.25, 0.3) is 0 Å². The van der Waals surface area contributed by atoms with E-state index in [1.165, 1.54) is 0 Å². The summed E-state index contributed by atoms with van der Waals surface area (Å²) in [6, 6.07) is 3.73. The van der Waals surface area contributed by atoms with Crippen LogP contribution < -0.4 is 24.8 Å². The number of rotatable bonds is 4. The average Bonchev–Trinajstić information content (AvgIpc) is 2.76. The fourth-order valence-electron chi connectivity index (χ4n) is 2.80. The number of amides is 1. The van der Waals surface area contributed by atoms with Gasteiger partial charge in [-0.15, -0.1) is 0 Å². The fraction of sp³-hybridized carbons (Fsp3) is 0.562. The van der Waals surface area contributed by atoms with Gasteiger partial charge in [0.15, 0.2) is 11.5 Å². The van der Waals surface area contributed by atoms with Crippen molar-refractivity contribution in [3.8, 4) is 17.2 Å². The molecule has 2 N–H and O–H groups in total. The highest BCUT2D eigenvalue weighted by Crippen LogP contribution is 2.40. The van der Waals surface area contributed by atoms with E-state index in [1.54, 1.807) is 7.11 Å². The maximum Gasteiger partial charge on any atom is 0.237 e. The van der Waals surface area contributed by atoms with Gasteiger partial charge in [0.1, 0.15) is 13.2 Å². The molecule has 1 atom stereocenters. The number of nitrogens with one attached hydrogen (secondary N) is 2. The highest BCUT2D eigenvalue weighted by atomic mass is 16.6. The highest BCUT2D eigenvalue weighted by Gasteiger charge is 2.21. The SMILES string of the molecule is COc1cc(CNC2CCCCNC2=O)cc2c1OCCO2. The average molecular weight is 306 g/mol. The van der Waals surface area contributed by atoms with Crippen molar-refractivity contribution >= 4 is 5.91 Å². The van der Waals surface area contributed by atoms with E-state index in [4.69, 9.17) is 14.2 Å². The Kier molecular flexibility index (Phi) is 4.68. The van der Waals surface area contributed by atoms with Gasteiger partial charge in [0.05, 0.1) is 13.2 Å². The maximum absolute atomic E-state index is 11.9. The Bertz CT molecular complexity index is 530. The molecular weight excluding hydrogens is 284 g/mol. The molecule has 120 valence electrons. The van der Waals surface area contributed by atoms with Gasteiger partial charge in [0.2, 0.25) is 11.7 Å². The summed E-state index contributed by atoms with van der Waals surface area (Å²) in [4.78, 5) is 11.9. The Hall–Kier alpha value is -1.95. The molecule has 0 spiro atoms. The van der Waals surface area contributed by atoms with Crippen molar-refractivity contribution in [1.29, 1.82) is 0 Å². The third-order valence-electron chi connectivity index (χ3n) is 3.98. The molecule has 2 heterocycles. The van der Waals surface area contributed by atoms with Crippen molar-refractivity contribution in [2.75, 3.05) is 26.9 Å². The van der Waals surface area contributed by atoms with E-state index < -0.39 is 0 Å². The van der Waals surface area contributed by atoms with Crippen LogP contribution >= 0.6 is 0 Å². The van der Waals surface area contributed by atoms with Crippen molar-refractivity contribution < 1.29 is 19.0 Å². The van der Waals surface area contributed by atoms with Gasteiger partial charge in [-0.1, -0.05) is 0 Å². The molecule has 6 heteroatoms. The number of carbonyl (C=O) groups excluding carboxylic acids is 1. The molecule has 22 heavy (non-hydrogen) atoms. The molecule has 1 saturated heterocycles. The van der Waals surface area contributed by atoms with Crippen molar-refractivity contribution in [3.05, 3.63) is 17.7 Å². The standard InChI is InChI=1S/C16H22N2O4/c1-20-13-8-11(9-14-15(13)22-7-6-21-14)10-18-12-4-2-3-5-17-16(12)19/h8-9,12,18H,2-7,10H2,1H3,(H,17,19). The van der Waals surface area contributed by atoms with E-state index in [-0.39, 0.29) is 11.9 Å². The Morgan fingerprint density at radius 1 is 1.32 bits per heavy atom. The van der Waals surface area contributed by atoms with Crippen LogP contribution in [0.4, 0.5) is 0 Å². The first kappa shape index (κ1) is 15.0. The molecule has 6 nitrogen and oxygen atoms in total. The highest BCUT2D eigenvalue weighted by molar-refractivity contribution is 5.81. The molecule has 0 saturated carbocycles. The monoisotopic (exact) mass is 306 g/mol. The molecule has 1 amide bonds. The van der Waals surface area contributed by atoms with E-state index in [0.29, 0.717) is 37.0 Å². The molecule has 2 aliphatic rings. The summed E-state index contributed by atoms with van der Waals surface area (Å²) in [7, 11) is 1.61. The third-order valence-corrected chi connectivity index (χ3v) is 3.98. The Balaban J connectivity index is 1.70. The first-order chi connectivity index (χ1) is 10.8. The van der Waals surface area contributed by atoms with Crippen LogP contribution in [-0.2, 0) is 11.3 Å². The second-order valence-corrected chi connectivity index (χ2v) is 5.54. The van der Waals surface area contributed by atoms with Gasteiger partial charge in [-0.25, -0.2) is 0 Å². The normalized spacial score (nSPS) is 21.0. The smallest absolute Gasteiger partial charge is 0.237 e. The number of benzene rings is 1. The van der Waals surface area contributed by atoms with Gasteiger partial charge < -0.3 is 24.8 Å². The van der Waals surface area contributed by atoms with Gasteiger partial charge in [-0.3, -0.25) is 4.79 Å². The zero-order valence-corrected chi connectivity index (χ0v) is 12.8. The number of ether oxygens (including phenoxy) is 3. The number of methoxy groups -OCH3 is 1. The molecule has 0 aliphatic carbocycles. The topological polar surface area (TPSA) is 68.8 Å². The summed E-state index contributed by atoms with van der Waals surface area (Å²) < 4.78 is 16.6. The summed E-state index contributed by atoms with van der Waals surface area (Å²) in [6.07, 6.45) is 2.97. The van der Waals surface area contributed by atoms with E-state index in [1.807, 2.05) is 12.1 Å². The molecule has 0 bridgehead atoms. The maximum atomic E-state index is 11.9. The predicted octanol–water partition coefficient (Wildman–Crippen LogP) is 1.22. The minimum atomic E-state index is -0.137. The van der Waals surface area contributed by atoms with Crippen molar-refractivity contribution in [1.82, 2.24) is 10.6 Å². The molecule has 1 aromatic carbocycles. The number of hydrogen-bond acceptors (Lipinski definition) is 5. The molecule has 1 aromatic rings. The van der Waals surface area contributed by atoms with Gasteiger partial charge in [-0.05, 0) is 37.0 Å². The van der Waals surface area contributed by atoms with Crippen molar-refractivity contribution in [2.24, 2.45) is 0 Å². The lowest BCUT2D eigenvalue weighted by Gasteiger charge is -2.22. The number of fused-ring (bicyclic) bond motifs is 1. The largest absolute Gasteiger partial charge is 0.493 e. The van der Waals surface area contributed by atoms with Crippen molar-refractivity contribution in [2.45, 2.75) is 31.8 Å². The lowest BCUT2D eigenvalue weighted by molar-refractivity contribution is -0.122. The third kappa shape index (κ3) is 3.27. The molecule has 0 aromatic heterocycles. The predicted molar refractivity (Wildman–Crippen MR) is 81.5 cm³/mol. The molecule has 1 unspecified atom stereocenters. The molecule has 1 fully saturated rings. The van der Waals surface area contributed by atoms with Gasteiger partial charge in [0, 0.05) is 13.1 Å². The molecule has 3 rings (SSSR count). The van der Waals surface area contributed by atoms with Crippen LogP contribution in [0.25, 0.3) is 0 Å². The molecular formula is C16H22N2O4. The molecule has 2 aliphatic heterocycles. The van der Waals surface area contributed by atoms with Crippen LogP contribution in [0.5, 0.6) is 17.2 Å². The van der Waals surface area contributed by atoms with E-state index >= 15 is 0 Å². The Labute approximate surface area is 130 Å². The van der Waals surface area contributed by atoms with Crippen LogP contribution in [0, 0.1) is 0 Å². The number of hydrogen-bond donors (Lipinski definition) is 2. The van der Waals surface area contributed by atoms with Crippen molar-refractivity contribution in [3.63, 3.8) is 0 Å². The second kappa shape index (κ2) is 6.87. The van der Waals surface area contributed by atoms with Crippen LogP contribution in [-0.4, -0.2) is 38.8 Å². The van der Waals surface area contributed by atoms with Crippen LogP contribution in [0.3, 0.4) is 0 Å². The first-order valence-electron chi connectivity index (χ1n) is 7.75. The Morgan fingerprint density at radius 3 is 3.05 bits per heavy atom. The summed E-state index contributed by atoms with van der Waals surface area (Å²) in [5.41, 5.74) is 1.01. The van der Waals surface area contributed by atoms with E-state index in [2.05, 4.69) is 10.6 Å². The van der Waals surface area contributed by atoms with Crippen LogP contribution in [0.15, 0.2) is 12.1 Å². The summed E-state index contributed by atoms with van der Waals surface area (Å²) in [5, 5.41) is 6.25. The minimum absolute atomic E-state index is 0.0852. The quantitative estimate of drug-likeness (QED) is 0.875. The lowest BCUT2D eigenvalue weighted by Crippen LogP contribution is -2.42. The van der Waals surface area contributed by atoms with Crippen LogP contribution in [0.1, 0.15) is 24.8 Å².